The maximum atomic E-state index is 14.1. The zero-order chi connectivity index (χ0) is 29.0. The van der Waals surface area contributed by atoms with Crippen molar-refractivity contribution >= 4 is 29.2 Å². The molecule has 1 aliphatic heterocycles. The number of hydrogen-bond donors (Lipinski definition) is 2. The molecule has 0 fully saturated rings. The smallest absolute Gasteiger partial charge is 0.303 e. The van der Waals surface area contributed by atoms with Crippen molar-refractivity contribution in [1.82, 2.24) is 10.2 Å². The Labute approximate surface area is 236 Å². The molecular formula is C28H32ClN3O8. The quantitative estimate of drug-likeness (QED) is 0.347. The van der Waals surface area contributed by atoms with E-state index in [1.165, 1.54) is 14.2 Å². The molecule has 1 aromatic heterocycles. The first-order chi connectivity index (χ1) is 19.1. The van der Waals surface area contributed by atoms with Gasteiger partial charge >= 0.3 is 5.97 Å². The second kappa shape index (κ2) is 12.2. The second-order valence-corrected chi connectivity index (χ2v) is 10.7. The number of aliphatic hydroxyl groups is 1. The number of anilines is 1. The molecular weight excluding hydrogens is 542 g/mol. The number of carbonyl (C=O) groups excluding carboxylic acids is 1. The normalized spacial score (nSPS) is 17.4. The molecule has 0 saturated heterocycles. The van der Waals surface area contributed by atoms with E-state index >= 15 is 0 Å². The van der Waals surface area contributed by atoms with Crippen molar-refractivity contribution < 1.29 is 38.4 Å². The molecule has 0 unspecified atom stereocenters. The molecule has 4 rings (SSSR count). The van der Waals surface area contributed by atoms with Crippen LogP contribution in [0.2, 0.25) is 5.02 Å². The SMILES string of the molecule is COc1cccc([C@H]2O[C@H](Cc3nnc(CCC(=O)O)o3)C(=O)N(CC(C)(C)CO)c3ccc(Cl)cc32)c1OC. The molecule has 2 N–H and O–H groups in total. The lowest BCUT2D eigenvalue weighted by Crippen LogP contribution is -2.46. The van der Waals surface area contributed by atoms with E-state index in [1.807, 2.05) is 19.9 Å². The fourth-order valence-corrected chi connectivity index (χ4v) is 4.73. The first kappa shape index (κ1) is 29.3. The molecule has 2 aromatic carbocycles. The van der Waals surface area contributed by atoms with Gasteiger partial charge < -0.3 is 33.7 Å². The molecule has 0 aliphatic carbocycles. The van der Waals surface area contributed by atoms with Crippen LogP contribution in [-0.4, -0.2) is 65.8 Å². The molecule has 12 heteroatoms. The Bertz CT molecular complexity index is 1380. The summed E-state index contributed by atoms with van der Waals surface area (Å²) in [4.78, 5) is 26.7. The Morgan fingerprint density at radius 2 is 1.88 bits per heavy atom. The lowest BCUT2D eigenvalue weighted by Gasteiger charge is -2.32. The Kier molecular flexibility index (Phi) is 8.97. The number of benzene rings is 2. The number of aryl methyl sites for hydroxylation is 1. The molecule has 3 aromatic rings. The van der Waals surface area contributed by atoms with E-state index in [-0.39, 0.29) is 50.1 Å². The van der Waals surface area contributed by atoms with Gasteiger partial charge in [-0.3, -0.25) is 9.59 Å². The number of nitrogens with zero attached hydrogens (tertiary/aromatic N) is 3. The van der Waals surface area contributed by atoms with Gasteiger partial charge in [0.15, 0.2) is 11.5 Å². The van der Waals surface area contributed by atoms with Crippen molar-refractivity contribution in [3.8, 4) is 11.5 Å². The van der Waals surface area contributed by atoms with Gasteiger partial charge in [0.2, 0.25) is 11.8 Å². The number of rotatable bonds is 11. The first-order valence-electron chi connectivity index (χ1n) is 12.7. The zero-order valence-electron chi connectivity index (χ0n) is 22.7. The summed E-state index contributed by atoms with van der Waals surface area (Å²) in [5.41, 5.74) is 1.16. The molecule has 11 nitrogen and oxygen atoms in total. The summed E-state index contributed by atoms with van der Waals surface area (Å²) in [6, 6.07) is 10.6. The number of carbonyl (C=O) groups is 2. The molecule has 0 radical (unpaired) electrons. The maximum Gasteiger partial charge on any atom is 0.303 e. The van der Waals surface area contributed by atoms with E-state index in [0.717, 1.165) is 0 Å². The highest BCUT2D eigenvalue weighted by atomic mass is 35.5. The molecule has 0 saturated carbocycles. The Hall–Kier alpha value is -3.67. The molecule has 0 bridgehead atoms. The van der Waals surface area contributed by atoms with Crippen LogP contribution < -0.4 is 14.4 Å². The molecule has 0 spiro atoms. The highest BCUT2D eigenvalue weighted by molar-refractivity contribution is 6.30. The van der Waals surface area contributed by atoms with E-state index in [2.05, 4.69) is 10.2 Å². The third-order valence-electron chi connectivity index (χ3n) is 6.56. The summed E-state index contributed by atoms with van der Waals surface area (Å²) < 4.78 is 23.4. The van der Waals surface area contributed by atoms with Gasteiger partial charge in [-0.1, -0.05) is 37.6 Å². The minimum Gasteiger partial charge on any atom is -0.493 e. The average Bonchev–Trinajstić information content (AvgIpc) is 3.35. The van der Waals surface area contributed by atoms with E-state index in [4.69, 9.17) is 35.3 Å². The lowest BCUT2D eigenvalue weighted by molar-refractivity contribution is -0.137. The van der Waals surface area contributed by atoms with Crippen molar-refractivity contribution in [2.24, 2.45) is 5.41 Å². The molecule has 214 valence electrons. The summed E-state index contributed by atoms with van der Waals surface area (Å²) in [5.74, 6) is -0.170. The van der Waals surface area contributed by atoms with Gasteiger partial charge in [0.05, 0.1) is 27.1 Å². The number of fused-ring (bicyclic) bond motifs is 1. The standard InChI is InChI=1S/C28H32ClN3O8/c1-28(2,15-33)14-32-19-9-8-16(29)12-18(19)25(17-6-5-7-20(37-3)26(17)38-4)39-21(27(32)36)13-23-31-30-22(40-23)10-11-24(34)35/h5-9,12,21,25,33H,10-11,13-15H2,1-4H3,(H,34,35)/t21-,25-/m1/s1. The number of methoxy groups -OCH3 is 2. The van der Waals surface area contributed by atoms with Gasteiger partial charge in [-0.2, -0.15) is 0 Å². The monoisotopic (exact) mass is 573 g/mol. The number of carboxylic acid groups (broad SMARTS) is 1. The number of ether oxygens (including phenoxy) is 3. The van der Waals surface area contributed by atoms with Crippen LogP contribution in [0, 0.1) is 5.41 Å². The third kappa shape index (κ3) is 6.38. The number of carboxylic acids is 1. The fourth-order valence-electron chi connectivity index (χ4n) is 4.55. The van der Waals surface area contributed by atoms with Gasteiger partial charge in [-0.25, -0.2) is 0 Å². The van der Waals surface area contributed by atoms with Crippen LogP contribution in [0.5, 0.6) is 11.5 Å². The Balaban J connectivity index is 1.83. The first-order valence-corrected chi connectivity index (χ1v) is 13.1. The van der Waals surface area contributed by atoms with Crippen LogP contribution in [0.1, 0.15) is 49.3 Å². The van der Waals surface area contributed by atoms with E-state index in [1.54, 1.807) is 35.2 Å². The van der Waals surface area contributed by atoms with Crippen molar-refractivity contribution in [1.29, 1.82) is 0 Å². The van der Waals surface area contributed by atoms with Gasteiger partial charge in [-0.05, 0) is 24.3 Å². The number of halogens is 1. The number of aromatic nitrogens is 2. The Morgan fingerprint density at radius 3 is 2.55 bits per heavy atom. The van der Waals surface area contributed by atoms with Crippen molar-refractivity contribution in [2.75, 3.05) is 32.3 Å². The van der Waals surface area contributed by atoms with Gasteiger partial charge in [0, 0.05) is 46.8 Å². The van der Waals surface area contributed by atoms with Gasteiger partial charge in [0.1, 0.15) is 12.2 Å². The van der Waals surface area contributed by atoms with E-state index in [9.17, 15) is 14.7 Å². The lowest BCUT2D eigenvalue weighted by atomic mass is 9.92. The zero-order valence-corrected chi connectivity index (χ0v) is 23.5. The summed E-state index contributed by atoms with van der Waals surface area (Å²) in [7, 11) is 3.05. The predicted molar refractivity (Wildman–Crippen MR) is 145 cm³/mol. The minimum absolute atomic E-state index is 0.0617. The molecule has 1 aliphatic rings. The van der Waals surface area contributed by atoms with Gasteiger partial charge in [0.25, 0.3) is 5.91 Å². The average molecular weight is 574 g/mol. The molecule has 2 heterocycles. The highest BCUT2D eigenvalue weighted by Crippen LogP contribution is 2.45. The number of amides is 1. The largest absolute Gasteiger partial charge is 0.493 e. The van der Waals surface area contributed by atoms with Crippen LogP contribution in [0.4, 0.5) is 5.69 Å². The molecule has 40 heavy (non-hydrogen) atoms. The van der Waals surface area contributed by atoms with Gasteiger partial charge in [-0.15, -0.1) is 10.2 Å². The number of hydrogen-bond acceptors (Lipinski definition) is 9. The van der Waals surface area contributed by atoms with E-state index < -0.39 is 23.6 Å². The highest BCUT2D eigenvalue weighted by Gasteiger charge is 2.40. The van der Waals surface area contributed by atoms with Crippen LogP contribution in [-0.2, 0) is 27.2 Å². The van der Waals surface area contributed by atoms with E-state index in [0.29, 0.717) is 33.3 Å². The maximum absolute atomic E-state index is 14.1. The van der Waals surface area contributed by atoms with Crippen LogP contribution in [0.3, 0.4) is 0 Å². The molecule has 2 atom stereocenters. The summed E-state index contributed by atoms with van der Waals surface area (Å²) in [5, 5.41) is 27.4. The van der Waals surface area contributed by atoms with Crippen LogP contribution in [0.15, 0.2) is 40.8 Å². The minimum atomic E-state index is -1.09. The second-order valence-electron chi connectivity index (χ2n) is 10.2. The molecule has 1 amide bonds. The summed E-state index contributed by atoms with van der Waals surface area (Å²) in [6.07, 6.45) is -2.08. The fraction of sp³-hybridized carbons (Fsp3) is 0.429. The van der Waals surface area contributed by atoms with Crippen molar-refractivity contribution in [3.63, 3.8) is 0 Å². The number of aliphatic carboxylic acids is 1. The number of para-hydroxylation sites is 1. The topological polar surface area (TPSA) is 144 Å². The summed E-state index contributed by atoms with van der Waals surface area (Å²) in [6.45, 7) is 3.74. The van der Waals surface area contributed by atoms with Crippen LogP contribution >= 0.6 is 11.6 Å². The van der Waals surface area contributed by atoms with Crippen molar-refractivity contribution in [2.45, 2.75) is 45.3 Å². The van der Waals surface area contributed by atoms with Crippen LogP contribution in [0.25, 0.3) is 0 Å². The van der Waals surface area contributed by atoms with Crippen molar-refractivity contribution in [3.05, 3.63) is 64.3 Å². The number of aliphatic hydroxyl groups excluding tert-OH is 1. The Morgan fingerprint density at radius 1 is 1.12 bits per heavy atom. The third-order valence-corrected chi connectivity index (χ3v) is 6.79. The predicted octanol–water partition coefficient (Wildman–Crippen LogP) is 3.84. The summed E-state index contributed by atoms with van der Waals surface area (Å²) >= 11 is 6.45.